The molecule has 2 N–H and O–H groups in total. The van der Waals surface area contributed by atoms with E-state index in [2.05, 4.69) is 14.9 Å². The Morgan fingerprint density at radius 1 is 1.15 bits per heavy atom. The van der Waals surface area contributed by atoms with Gasteiger partial charge in [-0.15, -0.1) is 0 Å². The molecule has 1 aromatic rings. The molecule has 1 aromatic heterocycles. The molecule has 0 aliphatic carbocycles. The highest BCUT2D eigenvalue weighted by Gasteiger charge is 2.35. The van der Waals surface area contributed by atoms with Crippen molar-refractivity contribution >= 4 is 16.0 Å². The molecule has 7 nitrogen and oxygen atoms in total. The number of hydrogen-bond donors (Lipinski definition) is 1. The number of anilines is 1. The van der Waals surface area contributed by atoms with Gasteiger partial charge in [0.15, 0.2) is 0 Å². The van der Waals surface area contributed by atoms with Crippen LogP contribution in [0.15, 0.2) is 17.3 Å². The molecule has 8 heteroatoms. The molecule has 3 rings (SSSR count). The van der Waals surface area contributed by atoms with Gasteiger partial charge in [0.05, 0.1) is 12.4 Å². The Morgan fingerprint density at radius 3 is 2.65 bits per heavy atom. The molecule has 0 aromatic carbocycles. The van der Waals surface area contributed by atoms with E-state index in [1.165, 1.54) is 25.2 Å². The fraction of sp³-hybridized carbons (Fsp3) is 0.667. The summed E-state index contributed by atoms with van der Waals surface area (Å²) in [4.78, 5) is 10.1. The Balaban J connectivity index is 1.79. The number of piperazine rings is 1. The molecule has 2 fully saturated rings. The van der Waals surface area contributed by atoms with Crippen LogP contribution in [0.1, 0.15) is 19.3 Å². The predicted octanol–water partition coefficient (Wildman–Crippen LogP) is -0.0824. The fourth-order valence-corrected chi connectivity index (χ4v) is 4.31. The van der Waals surface area contributed by atoms with E-state index in [-0.39, 0.29) is 10.8 Å². The molecule has 0 saturated carbocycles. The van der Waals surface area contributed by atoms with Crippen molar-refractivity contribution in [3.8, 4) is 0 Å². The first-order valence-electron chi connectivity index (χ1n) is 6.89. The summed E-state index contributed by atoms with van der Waals surface area (Å²) in [6.45, 7) is 2.99. The van der Waals surface area contributed by atoms with E-state index in [1.54, 1.807) is 4.31 Å². The third-order valence-corrected chi connectivity index (χ3v) is 5.90. The maximum Gasteiger partial charge on any atom is 0.246 e. The molecular formula is C12H19N5O2S. The molecule has 20 heavy (non-hydrogen) atoms. The molecule has 110 valence electrons. The summed E-state index contributed by atoms with van der Waals surface area (Å²) in [5.74, 6) is 0.0843. The fourth-order valence-electron chi connectivity index (χ4n) is 2.95. The van der Waals surface area contributed by atoms with Gasteiger partial charge in [-0.25, -0.2) is 18.4 Å². The van der Waals surface area contributed by atoms with Gasteiger partial charge in [0, 0.05) is 25.7 Å². The quantitative estimate of drug-likeness (QED) is 0.820. The van der Waals surface area contributed by atoms with E-state index in [0.29, 0.717) is 19.1 Å². The average Bonchev–Trinajstić information content (AvgIpc) is 2.47. The largest absolute Gasteiger partial charge is 0.368 e. The van der Waals surface area contributed by atoms with Crippen LogP contribution in [0, 0.1) is 0 Å². The van der Waals surface area contributed by atoms with Gasteiger partial charge >= 0.3 is 0 Å². The van der Waals surface area contributed by atoms with Gasteiger partial charge < -0.3 is 5.73 Å². The van der Waals surface area contributed by atoms with E-state index in [4.69, 9.17) is 5.73 Å². The van der Waals surface area contributed by atoms with Crippen molar-refractivity contribution in [3.05, 3.63) is 12.4 Å². The van der Waals surface area contributed by atoms with Crippen LogP contribution in [0.3, 0.4) is 0 Å². The summed E-state index contributed by atoms with van der Waals surface area (Å²) in [5.41, 5.74) is 5.40. The normalized spacial score (nSPS) is 25.3. The van der Waals surface area contributed by atoms with Crippen LogP contribution in [0.5, 0.6) is 0 Å². The molecule has 0 bridgehead atoms. The van der Waals surface area contributed by atoms with Crippen LogP contribution in [-0.2, 0) is 10.0 Å². The minimum absolute atomic E-state index is 0.0843. The SMILES string of the molecule is Nc1ncc(S(=O)(=O)N2CCN3CCCCC3C2)cn1. The number of piperidine rings is 1. The van der Waals surface area contributed by atoms with E-state index < -0.39 is 10.0 Å². The summed E-state index contributed by atoms with van der Waals surface area (Å²) in [5, 5.41) is 0. The number of sulfonamides is 1. The third-order valence-electron chi connectivity index (χ3n) is 4.09. The van der Waals surface area contributed by atoms with Crippen molar-refractivity contribution in [3.63, 3.8) is 0 Å². The lowest BCUT2D eigenvalue weighted by molar-refractivity contribution is 0.0851. The van der Waals surface area contributed by atoms with E-state index >= 15 is 0 Å². The Hall–Kier alpha value is -1.25. The van der Waals surface area contributed by atoms with Crippen LogP contribution < -0.4 is 5.73 Å². The number of nitrogens with two attached hydrogens (primary N) is 1. The summed E-state index contributed by atoms with van der Waals surface area (Å²) >= 11 is 0. The standard InChI is InChI=1S/C12H19N5O2S/c13-12-14-7-11(8-15-12)20(18,19)17-6-5-16-4-2-1-3-10(16)9-17/h7-8,10H,1-6,9H2,(H2,13,14,15). The zero-order chi connectivity index (χ0) is 14.2. The first-order chi connectivity index (χ1) is 9.57. The van der Waals surface area contributed by atoms with Crippen molar-refractivity contribution < 1.29 is 8.42 Å². The number of fused-ring (bicyclic) bond motifs is 1. The van der Waals surface area contributed by atoms with Crippen molar-refractivity contribution in [2.24, 2.45) is 0 Å². The number of rotatable bonds is 2. The minimum Gasteiger partial charge on any atom is -0.368 e. The van der Waals surface area contributed by atoms with Gasteiger partial charge in [-0.2, -0.15) is 4.31 Å². The topological polar surface area (TPSA) is 92.4 Å². The Labute approximate surface area is 118 Å². The van der Waals surface area contributed by atoms with Gasteiger partial charge in [0.2, 0.25) is 16.0 Å². The Kier molecular flexibility index (Phi) is 3.61. The molecule has 0 spiro atoms. The third kappa shape index (κ3) is 2.50. The second-order valence-corrected chi connectivity index (χ2v) is 7.26. The molecule has 0 amide bonds. The molecule has 2 saturated heterocycles. The summed E-state index contributed by atoms with van der Waals surface area (Å²) < 4.78 is 26.7. The number of nitrogens with zero attached hydrogens (tertiary/aromatic N) is 4. The zero-order valence-electron chi connectivity index (χ0n) is 11.3. The second kappa shape index (κ2) is 5.27. The van der Waals surface area contributed by atoms with Gasteiger partial charge in [-0.05, 0) is 19.4 Å². The second-order valence-electron chi connectivity index (χ2n) is 5.33. The minimum atomic E-state index is -3.50. The predicted molar refractivity (Wildman–Crippen MR) is 74.4 cm³/mol. The van der Waals surface area contributed by atoms with Crippen molar-refractivity contribution in [2.45, 2.75) is 30.2 Å². The van der Waals surface area contributed by atoms with Gasteiger partial charge in [0.25, 0.3) is 0 Å². The van der Waals surface area contributed by atoms with Crippen molar-refractivity contribution in [1.82, 2.24) is 19.2 Å². The lowest BCUT2D eigenvalue weighted by Crippen LogP contribution is -2.56. The molecule has 3 heterocycles. The van der Waals surface area contributed by atoms with Gasteiger partial charge in [-0.1, -0.05) is 6.42 Å². The summed E-state index contributed by atoms with van der Waals surface area (Å²) in [7, 11) is -3.50. The highest BCUT2D eigenvalue weighted by Crippen LogP contribution is 2.24. The summed E-state index contributed by atoms with van der Waals surface area (Å²) in [6, 6.07) is 0.349. The smallest absolute Gasteiger partial charge is 0.246 e. The maximum absolute atomic E-state index is 12.6. The molecule has 1 unspecified atom stereocenters. The zero-order valence-corrected chi connectivity index (χ0v) is 12.1. The molecule has 1 atom stereocenters. The van der Waals surface area contributed by atoms with Crippen LogP contribution in [0.4, 0.5) is 5.95 Å². The van der Waals surface area contributed by atoms with Crippen molar-refractivity contribution in [2.75, 3.05) is 31.9 Å². The Bertz CT molecular complexity index is 574. The van der Waals surface area contributed by atoms with Gasteiger partial charge in [-0.3, -0.25) is 4.90 Å². The van der Waals surface area contributed by atoms with Crippen molar-refractivity contribution in [1.29, 1.82) is 0 Å². The molecule has 2 aliphatic heterocycles. The van der Waals surface area contributed by atoms with E-state index in [1.807, 2.05) is 0 Å². The van der Waals surface area contributed by atoms with E-state index in [0.717, 1.165) is 19.5 Å². The molecule has 0 radical (unpaired) electrons. The van der Waals surface area contributed by atoms with Crippen LogP contribution in [0.25, 0.3) is 0 Å². The maximum atomic E-state index is 12.6. The lowest BCUT2D eigenvalue weighted by Gasteiger charge is -2.43. The monoisotopic (exact) mass is 297 g/mol. The first-order valence-corrected chi connectivity index (χ1v) is 8.33. The number of hydrogen-bond acceptors (Lipinski definition) is 6. The highest BCUT2D eigenvalue weighted by molar-refractivity contribution is 7.89. The molecule has 2 aliphatic rings. The summed E-state index contributed by atoms with van der Waals surface area (Å²) in [6.07, 6.45) is 6.04. The van der Waals surface area contributed by atoms with E-state index in [9.17, 15) is 8.42 Å². The highest BCUT2D eigenvalue weighted by atomic mass is 32.2. The van der Waals surface area contributed by atoms with Gasteiger partial charge in [0.1, 0.15) is 4.90 Å². The number of nitrogen functional groups attached to an aromatic ring is 1. The van der Waals surface area contributed by atoms with Crippen LogP contribution in [0.2, 0.25) is 0 Å². The lowest BCUT2D eigenvalue weighted by atomic mass is 10.0. The van der Waals surface area contributed by atoms with Crippen LogP contribution >= 0.6 is 0 Å². The first kappa shape index (κ1) is 13.7. The van der Waals surface area contributed by atoms with Crippen LogP contribution in [-0.4, -0.2) is 59.8 Å². The molecular weight excluding hydrogens is 278 g/mol. The Morgan fingerprint density at radius 2 is 1.90 bits per heavy atom. The average molecular weight is 297 g/mol. The number of aromatic nitrogens is 2.